The van der Waals surface area contributed by atoms with Crippen LogP contribution in [0.25, 0.3) is 0 Å². The Bertz CT molecular complexity index is 343. The summed E-state index contributed by atoms with van der Waals surface area (Å²) >= 11 is 0. The zero-order valence-electron chi connectivity index (χ0n) is 10.3. The van der Waals surface area contributed by atoms with Crippen LogP contribution in [0, 0.1) is 0 Å². The van der Waals surface area contributed by atoms with E-state index in [1.54, 1.807) is 0 Å². The lowest BCUT2D eigenvalue weighted by Crippen LogP contribution is -2.44. The zero-order valence-corrected chi connectivity index (χ0v) is 10.3. The van der Waals surface area contributed by atoms with Gasteiger partial charge in [0.2, 0.25) is 0 Å². The Morgan fingerprint density at radius 1 is 1.12 bits per heavy atom. The third-order valence-electron chi connectivity index (χ3n) is 3.06. The third kappa shape index (κ3) is 2.50. The van der Waals surface area contributed by atoms with Gasteiger partial charge in [0.1, 0.15) is 5.82 Å². The molecule has 0 radical (unpaired) electrons. The number of piperazine rings is 1. The lowest BCUT2D eigenvalue weighted by molar-refractivity contribution is 0.312. The average molecular weight is 220 g/mol. The first-order valence-corrected chi connectivity index (χ1v) is 5.92. The molecule has 0 spiro atoms. The van der Waals surface area contributed by atoms with Crippen LogP contribution in [0.4, 0.5) is 5.82 Å². The minimum absolute atomic E-state index is 0.444. The highest BCUT2D eigenvalue weighted by molar-refractivity contribution is 5.37. The van der Waals surface area contributed by atoms with Gasteiger partial charge < -0.3 is 9.80 Å². The molecule has 2 heterocycles. The predicted octanol–water partition coefficient (Wildman–Crippen LogP) is 1.35. The molecule has 16 heavy (non-hydrogen) atoms. The van der Waals surface area contributed by atoms with Crippen LogP contribution in [0.15, 0.2) is 12.4 Å². The van der Waals surface area contributed by atoms with Gasteiger partial charge in [-0.2, -0.15) is 0 Å². The fourth-order valence-electron chi connectivity index (χ4n) is 1.84. The number of aromatic nitrogens is 2. The van der Waals surface area contributed by atoms with Gasteiger partial charge in [-0.05, 0) is 13.0 Å². The molecule has 1 aromatic heterocycles. The Morgan fingerprint density at radius 3 is 2.44 bits per heavy atom. The number of nitrogens with zero attached hydrogens (tertiary/aromatic N) is 4. The molecule has 0 amide bonds. The highest BCUT2D eigenvalue weighted by Crippen LogP contribution is 2.16. The molecule has 88 valence electrons. The van der Waals surface area contributed by atoms with E-state index in [-0.39, 0.29) is 0 Å². The maximum atomic E-state index is 4.67. The summed E-state index contributed by atoms with van der Waals surface area (Å²) in [6, 6.07) is 0. The van der Waals surface area contributed by atoms with Crippen LogP contribution in [0.1, 0.15) is 25.5 Å². The fourth-order valence-corrected chi connectivity index (χ4v) is 1.84. The lowest BCUT2D eigenvalue weighted by atomic mass is 10.1. The molecule has 1 aromatic rings. The van der Waals surface area contributed by atoms with Gasteiger partial charge in [-0.1, -0.05) is 13.8 Å². The maximum absolute atomic E-state index is 4.67. The van der Waals surface area contributed by atoms with Crippen molar-refractivity contribution in [2.24, 2.45) is 0 Å². The minimum atomic E-state index is 0.444. The van der Waals surface area contributed by atoms with E-state index < -0.39 is 0 Å². The molecule has 0 atom stereocenters. The molecule has 1 aliphatic heterocycles. The Labute approximate surface area is 97.3 Å². The minimum Gasteiger partial charge on any atom is -0.353 e. The van der Waals surface area contributed by atoms with Crippen molar-refractivity contribution in [1.82, 2.24) is 14.9 Å². The molecular weight excluding hydrogens is 200 g/mol. The van der Waals surface area contributed by atoms with E-state index in [4.69, 9.17) is 0 Å². The van der Waals surface area contributed by atoms with E-state index in [0.717, 1.165) is 37.7 Å². The van der Waals surface area contributed by atoms with Crippen molar-refractivity contribution in [1.29, 1.82) is 0 Å². The summed E-state index contributed by atoms with van der Waals surface area (Å²) in [6.07, 6.45) is 3.74. The van der Waals surface area contributed by atoms with Crippen LogP contribution in [0.3, 0.4) is 0 Å². The summed E-state index contributed by atoms with van der Waals surface area (Å²) in [5, 5.41) is 0. The van der Waals surface area contributed by atoms with Gasteiger partial charge in [-0.25, -0.2) is 4.98 Å². The van der Waals surface area contributed by atoms with Crippen LogP contribution in [0.5, 0.6) is 0 Å². The van der Waals surface area contributed by atoms with Crippen LogP contribution in [0.2, 0.25) is 0 Å². The Morgan fingerprint density at radius 2 is 1.81 bits per heavy atom. The van der Waals surface area contributed by atoms with Crippen molar-refractivity contribution in [3.05, 3.63) is 18.1 Å². The van der Waals surface area contributed by atoms with Gasteiger partial charge in [0, 0.05) is 32.4 Å². The van der Waals surface area contributed by atoms with Crippen LogP contribution in [-0.2, 0) is 0 Å². The van der Waals surface area contributed by atoms with Gasteiger partial charge in [0.05, 0.1) is 11.9 Å². The van der Waals surface area contributed by atoms with Gasteiger partial charge in [0.25, 0.3) is 0 Å². The number of hydrogen-bond acceptors (Lipinski definition) is 4. The highest BCUT2D eigenvalue weighted by Gasteiger charge is 2.16. The number of hydrogen-bond donors (Lipinski definition) is 0. The molecule has 0 saturated carbocycles. The van der Waals surface area contributed by atoms with Crippen LogP contribution >= 0.6 is 0 Å². The van der Waals surface area contributed by atoms with Crippen molar-refractivity contribution in [2.75, 3.05) is 38.1 Å². The molecule has 4 nitrogen and oxygen atoms in total. The molecule has 4 heteroatoms. The van der Waals surface area contributed by atoms with Gasteiger partial charge in [-0.15, -0.1) is 0 Å². The molecule has 1 aliphatic rings. The first kappa shape index (κ1) is 11.3. The largest absolute Gasteiger partial charge is 0.353 e. The molecule has 1 saturated heterocycles. The zero-order chi connectivity index (χ0) is 11.5. The number of anilines is 1. The normalized spacial score (nSPS) is 18.1. The van der Waals surface area contributed by atoms with E-state index in [1.807, 2.05) is 12.4 Å². The molecule has 0 N–H and O–H groups in total. The number of likely N-dealkylation sites (N-methyl/N-ethyl adjacent to an activating group) is 1. The van der Waals surface area contributed by atoms with Crippen molar-refractivity contribution in [3.63, 3.8) is 0 Å². The van der Waals surface area contributed by atoms with E-state index >= 15 is 0 Å². The van der Waals surface area contributed by atoms with Crippen molar-refractivity contribution in [3.8, 4) is 0 Å². The van der Waals surface area contributed by atoms with Crippen molar-refractivity contribution in [2.45, 2.75) is 19.8 Å². The molecule has 0 aromatic carbocycles. The second-order valence-electron chi connectivity index (χ2n) is 4.75. The van der Waals surface area contributed by atoms with E-state index in [9.17, 15) is 0 Å². The van der Waals surface area contributed by atoms with Gasteiger partial charge in [-0.3, -0.25) is 4.98 Å². The maximum Gasteiger partial charge on any atom is 0.147 e. The second-order valence-corrected chi connectivity index (χ2v) is 4.75. The van der Waals surface area contributed by atoms with Crippen molar-refractivity contribution < 1.29 is 0 Å². The summed E-state index contributed by atoms with van der Waals surface area (Å²) in [6.45, 7) is 8.61. The summed E-state index contributed by atoms with van der Waals surface area (Å²) in [4.78, 5) is 13.6. The van der Waals surface area contributed by atoms with Crippen LogP contribution < -0.4 is 4.90 Å². The van der Waals surface area contributed by atoms with Gasteiger partial charge in [0.15, 0.2) is 0 Å². The monoisotopic (exact) mass is 220 g/mol. The Hall–Kier alpha value is -1.16. The van der Waals surface area contributed by atoms with E-state index in [0.29, 0.717) is 5.92 Å². The molecule has 0 bridgehead atoms. The second kappa shape index (κ2) is 4.78. The van der Waals surface area contributed by atoms with Crippen LogP contribution in [-0.4, -0.2) is 48.1 Å². The quantitative estimate of drug-likeness (QED) is 0.753. The topological polar surface area (TPSA) is 32.3 Å². The summed E-state index contributed by atoms with van der Waals surface area (Å²) in [5.41, 5.74) is 1.08. The summed E-state index contributed by atoms with van der Waals surface area (Å²) in [7, 11) is 2.16. The molecule has 2 rings (SSSR count). The Kier molecular flexibility index (Phi) is 3.39. The standard InChI is InChI=1S/C12H20N4/c1-10(2)11-8-13-9-12(14-11)16-6-4-15(3)5-7-16/h8-10H,4-7H2,1-3H3. The summed E-state index contributed by atoms with van der Waals surface area (Å²) < 4.78 is 0. The Balaban J connectivity index is 2.11. The van der Waals surface area contributed by atoms with E-state index in [2.05, 4.69) is 40.7 Å². The first-order valence-electron chi connectivity index (χ1n) is 5.92. The number of rotatable bonds is 2. The molecule has 0 unspecified atom stereocenters. The molecule has 0 aliphatic carbocycles. The predicted molar refractivity (Wildman–Crippen MR) is 65.8 cm³/mol. The third-order valence-corrected chi connectivity index (χ3v) is 3.06. The van der Waals surface area contributed by atoms with Crippen molar-refractivity contribution >= 4 is 5.82 Å². The fraction of sp³-hybridized carbons (Fsp3) is 0.667. The average Bonchev–Trinajstić information content (AvgIpc) is 2.30. The van der Waals surface area contributed by atoms with E-state index in [1.165, 1.54) is 0 Å². The smallest absolute Gasteiger partial charge is 0.147 e. The highest BCUT2D eigenvalue weighted by atomic mass is 15.3. The molecular formula is C12H20N4. The lowest BCUT2D eigenvalue weighted by Gasteiger charge is -2.33. The molecule has 1 fully saturated rings. The van der Waals surface area contributed by atoms with Gasteiger partial charge >= 0.3 is 0 Å². The SMILES string of the molecule is CC(C)c1cncc(N2CCN(C)CC2)n1. The first-order chi connectivity index (χ1) is 7.66. The summed E-state index contributed by atoms with van der Waals surface area (Å²) in [5.74, 6) is 1.47.